The maximum atomic E-state index is 10.8. The quantitative estimate of drug-likeness (QED) is 0.617. The first-order chi connectivity index (χ1) is 7.61. The second kappa shape index (κ2) is 3.86. The SMILES string of the molecule is C[C@H]1C[C@@H]1c1ccc(/C=C(\C#N)C(N)=O)o1. The number of hydrogen-bond acceptors (Lipinski definition) is 3. The summed E-state index contributed by atoms with van der Waals surface area (Å²) in [5.41, 5.74) is 4.93. The molecule has 2 rings (SSSR count). The van der Waals surface area contributed by atoms with Gasteiger partial charge in [-0.2, -0.15) is 5.26 Å². The summed E-state index contributed by atoms with van der Waals surface area (Å²) in [6.07, 6.45) is 2.51. The van der Waals surface area contributed by atoms with Crippen LogP contribution >= 0.6 is 0 Å². The second-order valence-electron chi connectivity index (χ2n) is 4.09. The number of nitrogens with zero attached hydrogens (tertiary/aromatic N) is 1. The van der Waals surface area contributed by atoms with Crippen molar-refractivity contribution in [1.29, 1.82) is 5.26 Å². The Kier molecular flexibility index (Phi) is 2.53. The van der Waals surface area contributed by atoms with E-state index in [9.17, 15) is 4.79 Å². The van der Waals surface area contributed by atoms with Gasteiger partial charge >= 0.3 is 0 Å². The lowest BCUT2D eigenvalue weighted by Crippen LogP contribution is -2.12. The van der Waals surface area contributed by atoms with E-state index >= 15 is 0 Å². The summed E-state index contributed by atoms with van der Waals surface area (Å²) in [7, 11) is 0. The van der Waals surface area contributed by atoms with Crippen molar-refractivity contribution in [3.05, 3.63) is 29.2 Å². The molecule has 2 N–H and O–H groups in total. The van der Waals surface area contributed by atoms with E-state index in [1.807, 2.05) is 6.07 Å². The molecule has 2 atom stereocenters. The molecule has 4 nitrogen and oxygen atoms in total. The maximum Gasteiger partial charge on any atom is 0.259 e. The molecule has 0 spiro atoms. The molecule has 0 unspecified atom stereocenters. The zero-order valence-corrected chi connectivity index (χ0v) is 8.93. The summed E-state index contributed by atoms with van der Waals surface area (Å²) in [5.74, 6) is 1.83. The molecule has 1 heterocycles. The summed E-state index contributed by atoms with van der Waals surface area (Å²) in [5, 5.41) is 8.67. The first-order valence-electron chi connectivity index (χ1n) is 5.13. The van der Waals surface area contributed by atoms with Gasteiger partial charge < -0.3 is 10.2 Å². The zero-order chi connectivity index (χ0) is 11.7. The molecule has 1 fully saturated rings. The molecule has 1 saturated carbocycles. The summed E-state index contributed by atoms with van der Waals surface area (Å²) in [6, 6.07) is 5.37. The van der Waals surface area contributed by atoms with Gasteiger partial charge in [0.2, 0.25) is 0 Å². The molecular formula is C12H12N2O2. The third-order valence-corrected chi connectivity index (χ3v) is 2.80. The van der Waals surface area contributed by atoms with Gasteiger partial charge in [0.15, 0.2) is 0 Å². The standard InChI is InChI=1S/C12H12N2O2/c1-7-4-10(7)11-3-2-9(16-11)5-8(6-13)12(14)15/h2-3,5,7,10H,4H2,1H3,(H2,14,15)/b8-5+/t7-,10-/m0/s1. The lowest BCUT2D eigenvalue weighted by molar-refractivity contribution is -0.114. The van der Waals surface area contributed by atoms with E-state index in [0.29, 0.717) is 17.6 Å². The predicted octanol–water partition coefficient (Wildman–Crippen LogP) is 1.80. The Morgan fingerprint density at radius 1 is 1.69 bits per heavy atom. The average molecular weight is 216 g/mol. The van der Waals surface area contributed by atoms with E-state index in [1.165, 1.54) is 6.08 Å². The van der Waals surface area contributed by atoms with E-state index in [-0.39, 0.29) is 5.57 Å². The first kappa shape index (κ1) is 10.5. The van der Waals surface area contributed by atoms with Crippen LogP contribution in [0.25, 0.3) is 6.08 Å². The van der Waals surface area contributed by atoms with E-state index in [2.05, 4.69) is 6.92 Å². The van der Waals surface area contributed by atoms with Crippen molar-refractivity contribution in [3.8, 4) is 6.07 Å². The normalized spacial score (nSPS) is 23.9. The van der Waals surface area contributed by atoms with Crippen molar-refractivity contribution in [2.45, 2.75) is 19.3 Å². The molecule has 1 aromatic heterocycles. The highest BCUT2D eigenvalue weighted by Gasteiger charge is 2.36. The lowest BCUT2D eigenvalue weighted by Gasteiger charge is -1.91. The number of nitrogens with two attached hydrogens (primary N) is 1. The topological polar surface area (TPSA) is 80.0 Å². The van der Waals surface area contributed by atoms with Crippen LogP contribution < -0.4 is 5.73 Å². The Morgan fingerprint density at radius 2 is 2.38 bits per heavy atom. The van der Waals surface area contributed by atoms with Gasteiger partial charge in [0.1, 0.15) is 23.2 Å². The number of hydrogen-bond donors (Lipinski definition) is 1. The number of furan rings is 1. The summed E-state index contributed by atoms with van der Waals surface area (Å²) in [6.45, 7) is 2.16. The Labute approximate surface area is 93.3 Å². The van der Waals surface area contributed by atoms with E-state index in [1.54, 1.807) is 12.1 Å². The molecule has 1 aliphatic rings. The molecule has 1 amide bonds. The summed E-state index contributed by atoms with van der Waals surface area (Å²) >= 11 is 0. The van der Waals surface area contributed by atoms with Crippen LogP contribution in [0.1, 0.15) is 30.8 Å². The van der Waals surface area contributed by atoms with Crippen molar-refractivity contribution < 1.29 is 9.21 Å². The lowest BCUT2D eigenvalue weighted by atomic mass is 10.2. The largest absolute Gasteiger partial charge is 0.461 e. The number of carbonyl (C=O) groups is 1. The number of amides is 1. The molecule has 0 aliphatic heterocycles. The van der Waals surface area contributed by atoms with Crippen LogP contribution in [0.2, 0.25) is 0 Å². The van der Waals surface area contributed by atoms with E-state index in [4.69, 9.17) is 15.4 Å². The third kappa shape index (κ3) is 1.98. The van der Waals surface area contributed by atoms with Crippen LogP contribution in [0.3, 0.4) is 0 Å². The van der Waals surface area contributed by atoms with Gasteiger partial charge in [-0.3, -0.25) is 4.79 Å². The number of rotatable bonds is 3. The molecule has 16 heavy (non-hydrogen) atoms. The van der Waals surface area contributed by atoms with Gasteiger partial charge in [0.05, 0.1) is 0 Å². The monoisotopic (exact) mass is 216 g/mol. The number of primary amides is 1. The third-order valence-electron chi connectivity index (χ3n) is 2.80. The predicted molar refractivity (Wildman–Crippen MR) is 58.0 cm³/mol. The molecule has 0 saturated heterocycles. The molecule has 1 aliphatic carbocycles. The fourth-order valence-electron chi connectivity index (χ4n) is 1.66. The van der Waals surface area contributed by atoms with Gasteiger partial charge in [-0.25, -0.2) is 0 Å². The Hall–Kier alpha value is -2.02. The summed E-state index contributed by atoms with van der Waals surface area (Å²) < 4.78 is 5.53. The average Bonchev–Trinajstić information content (AvgIpc) is 2.79. The van der Waals surface area contributed by atoms with Crippen molar-refractivity contribution >= 4 is 12.0 Å². The van der Waals surface area contributed by atoms with Gasteiger partial charge in [-0.15, -0.1) is 0 Å². The van der Waals surface area contributed by atoms with Crippen molar-refractivity contribution in [1.82, 2.24) is 0 Å². The molecule has 0 aromatic carbocycles. The van der Waals surface area contributed by atoms with E-state index in [0.717, 1.165) is 12.2 Å². The maximum absolute atomic E-state index is 10.8. The fraction of sp³-hybridized carbons (Fsp3) is 0.333. The fourth-order valence-corrected chi connectivity index (χ4v) is 1.66. The Morgan fingerprint density at radius 3 is 2.88 bits per heavy atom. The Bertz CT molecular complexity index is 493. The summed E-state index contributed by atoms with van der Waals surface area (Å²) in [4.78, 5) is 10.8. The van der Waals surface area contributed by atoms with Crippen LogP contribution in [-0.2, 0) is 4.79 Å². The number of nitriles is 1. The van der Waals surface area contributed by atoms with Gasteiger partial charge in [0.25, 0.3) is 5.91 Å². The van der Waals surface area contributed by atoms with Crippen LogP contribution in [-0.4, -0.2) is 5.91 Å². The zero-order valence-electron chi connectivity index (χ0n) is 8.93. The molecule has 1 aromatic rings. The van der Waals surface area contributed by atoms with Gasteiger partial charge in [0, 0.05) is 12.0 Å². The minimum absolute atomic E-state index is 0.0928. The van der Waals surface area contributed by atoms with Crippen LogP contribution in [0.4, 0.5) is 0 Å². The van der Waals surface area contributed by atoms with E-state index < -0.39 is 5.91 Å². The van der Waals surface area contributed by atoms with Crippen LogP contribution in [0, 0.1) is 17.2 Å². The highest BCUT2D eigenvalue weighted by molar-refractivity contribution is 6.00. The smallest absolute Gasteiger partial charge is 0.259 e. The van der Waals surface area contributed by atoms with Crippen LogP contribution in [0.5, 0.6) is 0 Å². The molecule has 0 bridgehead atoms. The first-order valence-corrected chi connectivity index (χ1v) is 5.13. The minimum Gasteiger partial charge on any atom is -0.461 e. The number of carbonyl (C=O) groups excluding carboxylic acids is 1. The highest BCUT2D eigenvalue weighted by atomic mass is 16.3. The molecule has 4 heteroatoms. The van der Waals surface area contributed by atoms with Gasteiger partial charge in [-0.05, 0) is 24.5 Å². The van der Waals surface area contributed by atoms with Crippen LogP contribution in [0.15, 0.2) is 22.1 Å². The van der Waals surface area contributed by atoms with Crippen molar-refractivity contribution in [3.63, 3.8) is 0 Å². The van der Waals surface area contributed by atoms with Crippen molar-refractivity contribution in [2.24, 2.45) is 11.7 Å². The molecule has 0 radical (unpaired) electrons. The molecule has 82 valence electrons. The second-order valence-corrected chi connectivity index (χ2v) is 4.09. The molecular weight excluding hydrogens is 204 g/mol. The van der Waals surface area contributed by atoms with Gasteiger partial charge in [-0.1, -0.05) is 6.92 Å². The highest BCUT2D eigenvalue weighted by Crippen LogP contribution is 2.47. The Balaban J connectivity index is 2.19. The minimum atomic E-state index is -0.736. The van der Waals surface area contributed by atoms with Crippen molar-refractivity contribution in [2.75, 3.05) is 0 Å².